The molecule has 2 aliphatic heterocycles. The van der Waals surface area contributed by atoms with Crippen LogP contribution in [0.5, 0.6) is 0 Å². The number of rotatable bonds is 0. The highest BCUT2D eigenvalue weighted by molar-refractivity contribution is 6.13. The Balaban J connectivity index is 1.89. The molecule has 4 rings (SSSR count). The van der Waals surface area contributed by atoms with Crippen molar-refractivity contribution in [1.82, 2.24) is 4.90 Å². The third-order valence-corrected chi connectivity index (χ3v) is 3.77. The van der Waals surface area contributed by atoms with Gasteiger partial charge in [0.15, 0.2) is 5.84 Å². The van der Waals surface area contributed by atoms with Crippen LogP contribution in [0.1, 0.15) is 22.3 Å². The minimum Gasteiger partial charge on any atom is -0.347 e. The average Bonchev–Trinajstić information content (AvgIpc) is 2.70. The number of hydrogen-bond donors (Lipinski definition) is 1. The van der Waals surface area contributed by atoms with E-state index in [1.165, 1.54) is 16.7 Å². The lowest BCUT2D eigenvalue weighted by Crippen LogP contribution is -2.23. The van der Waals surface area contributed by atoms with Crippen LogP contribution in [0, 0.1) is 5.41 Å². The van der Waals surface area contributed by atoms with Gasteiger partial charge >= 0.3 is 0 Å². The van der Waals surface area contributed by atoms with Crippen molar-refractivity contribution in [3.05, 3.63) is 70.8 Å². The molecule has 3 heteroatoms. The van der Waals surface area contributed by atoms with Gasteiger partial charge in [0, 0.05) is 24.2 Å². The SMILES string of the molecule is N=C1N=C2c3ccccc3CN2Cc2ccccc21. The molecule has 1 N–H and O–H groups in total. The molecule has 2 aromatic carbocycles. The molecule has 92 valence electrons. The maximum absolute atomic E-state index is 8.19. The Morgan fingerprint density at radius 3 is 2.16 bits per heavy atom. The molecule has 3 nitrogen and oxygen atoms in total. The molecule has 0 spiro atoms. The van der Waals surface area contributed by atoms with Crippen LogP contribution in [-0.2, 0) is 13.1 Å². The number of fused-ring (bicyclic) bond motifs is 4. The lowest BCUT2D eigenvalue weighted by atomic mass is 10.1. The molecule has 0 saturated carbocycles. The molecular weight excluding hydrogens is 234 g/mol. The molecule has 0 bridgehead atoms. The van der Waals surface area contributed by atoms with Crippen LogP contribution in [0.15, 0.2) is 53.5 Å². The topological polar surface area (TPSA) is 39.5 Å². The molecule has 0 unspecified atom stereocenters. The van der Waals surface area contributed by atoms with E-state index < -0.39 is 0 Å². The van der Waals surface area contributed by atoms with Gasteiger partial charge < -0.3 is 4.90 Å². The predicted molar refractivity (Wildman–Crippen MR) is 75.5 cm³/mol. The summed E-state index contributed by atoms with van der Waals surface area (Å²) in [7, 11) is 0. The lowest BCUT2D eigenvalue weighted by Gasteiger charge is -2.17. The first kappa shape index (κ1) is 10.5. The second kappa shape index (κ2) is 3.79. The summed E-state index contributed by atoms with van der Waals surface area (Å²) in [5.74, 6) is 1.31. The van der Waals surface area contributed by atoms with E-state index in [1.807, 2.05) is 24.3 Å². The van der Waals surface area contributed by atoms with Gasteiger partial charge in [-0.05, 0) is 11.1 Å². The number of hydrogen-bond acceptors (Lipinski definition) is 2. The van der Waals surface area contributed by atoms with E-state index in [4.69, 9.17) is 5.41 Å². The fourth-order valence-electron chi connectivity index (χ4n) is 2.85. The average molecular weight is 247 g/mol. The molecule has 0 atom stereocenters. The maximum atomic E-state index is 8.19. The van der Waals surface area contributed by atoms with Gasteiger partial charge in [0.25, 0.3) is 0 Å². The van der Waals surface area contributed by atoms with E-state index in [9.17, 15) is 0 Å². The van der Waals surface area contributed by atoms with Gasteiger partial charge in [-0.3, -0.25) is 5.41 Å². The van der Waals surface area contributed by atoms with E-state index in [0.717, 1.165) is 24.5 Å². The molecule has 2 aliphatic rings. The Kier molecular flexibility index (Phi) is 2.09. The summed E-state index contributed by atoms with van der Waals surface area (Å²) in [6.07, 6.45) is 0. The van der Waals surface area contributed by atoms with Crippen molar-refractivity contribution in [2.24, 2.45) is 4.99 Å². The van der Waals surface area contributed by atoms with E-state index in [0.29, 0.717) is 5.84 Å². The highest BCUT2D eigenvalue weighted by Crippen LogP contribution is 2.28. The Hall–Kier alpha value is -2.42. The number of nitrogens with one attached hydrogen (secondary N) is 1. The summed E-state index contributed by atoms with van der Waals surface area (Å²) in [5, 5.41) is 8.19. The van der Waals surface area contributed by atoms with Crippen molar-refractivity contribution in [2.75, 3.05) is 0 Å². The molecule has 0 aromatic heterocycles. The smallest absolute Gasteiger partial charge is 0.154 e. The summed E-state index contributed by atoms with van der Waals surface area (Å²) in [4.78, 5) is 6.80. The lowest BCUT2D eigenvalue weighted by molar-refractivity contribution is 0.426. The standard InChI is InChI=1S/C16H13N3/c17-15-13-7-3-1-5-11(13)9-19-10-12-6-2-4-8-14(12)16(19)18-15/h1-8,17H,9-10H2. The monoisotopic (exact) mass is 247 g/mol. The van der Waals surface area contributed by atoms with Crippen molar-refractivity contribution < 1.29 is 0 Å². The minimum atomic E-state index is 0.366. The third-order valence-electron chi connectivity index (χ3n) is 3.77. The normalized spacial score (nSPS) is 16.3. The van der Waals surface area contributed by atoms with Gasteiger partial charge in [0.1, 0.15) is 5.84 Å². The Morgan fingerprint density at radius 1 is 0.842 bits per heavy atom. The molecule has 2 heterocycles. The zero-order valence-electron chi connectivity index (χ0n) is 10.4. The van der Waals surface area contributed by atoms with Crippen molar-refractivity contribution in [1.29, 1.82) is 5.41 Å². The number of nitrogens with zero attached hydrogens (tertiary/aromatic N) is 2. The molecule has 0 radical (unpaired) electrons. The fraction of sp³-hybridized carbons (Fsp3) is 0.125. The number of benzene rings is 2. The van der Waals surface area contributed by atoms with Crippen molar-refractivity contribution in [2.45, 2.75) is 13.1 Å². The zero-order valence-corrected chi connectivity index (χ0v) is 10.4. The summed E-state index contributed by atoms with van der Waals surface area (Å²) in [5.41, 5.74) is 4.59. The summed E-state index contributed by atoms with van der Waals surface area (Å²) >= 11 is 0. The van der Waals surface area contributed by atoms with Crippen LogP contribution in [0.2, 0.25) is 0 Å². The van der Waals surface area contributed by atoms with Crippen LogP contribution in [0.3, 0.4) is 0 Å². The fourth-order valence-corrected chi connectivity index (χ4v) is 2.85. The Bertz CT molecular complexity index is 715. The molecule has 0 amide bonds. The zero-order chi connectivity index (χ0) is 12.8. The van der Waals surface area contributed by atoms with Crippen LogP contribution in [0.25, 0.3) is 0 Å². The molecular formula is C16H13N3. The third kappa shape index (κ3) is 1.51. The number of amidine groups is 2. The second-order valence-electron chi connectivity index (χ2n) is 4.95. The van der Waals surface area contributed by atoms with Gasteiger partial charge in [-0.1, -0.05) is 48.5 Å². The molecule has 0 saturated heterocycles. The van der Waals surface area contributed by atoms with E-state index in [-0.39, 0.29) is 0 Å². The summed E-state index contributed by atoms with van der Waals surface area (Å²) in [6, 6.07) is 16.4. The first-order valence-corrected chi connectivity index (χ1v) is 6.42. The van der Waals surface area contributed by atoms with Crippen molar-refractivity contribution in [3.8, 4) is 0 Å². The van der Waals surface area contributed by atoms with Crippen LogP contribution >= 0.6 is 0 Å². The molecule has 2 aromatic rings. The van der Waals surface area contributed by atoms with Gasteiger partial charge in [-0.25, -0.2) is 4.99 Å². The molecule has 19 heavy (non-hydrogen) atoms. The predicted octanol–water partition coefficient (Wildman–Crippen LogP) is 2.79. The van der Waals surface area contributed by atoms with Crippen molar-refractivity contribution in [3.63, 3.8) is 0 Å². The van der Waals surface area contributed by atoms with Crippen molar-refractivity contribution >= 4 is 11.7 Å². The van der Waals surface area contributed by atoms with Crippen LogP contribution in [-0.4, -0.2) is 16.6 Å². The first-order valence-electron chi connectivity index (χ1n) is 6.42. The van der Waals surface area contributed by atoms with Gasteiger partial charge in [-0.2, -0.15) is 0 Å². The van der Waals surface area contributed by atoms with Gasteiger partial charge in [-0.15, -0.1) is 0 Å². The second-order valence-corrected chi connectivity index (χ2v) is 4.95. The first-order chi connectivity index (χ1) is 9.33. The maximum Gasteiger partial charge on any atom is 0.154 e. The molecule has 0 fully saturated rings. The van der Waals surface area contributed by atoms with Gasteiger partial charge in [0.05, 0.1) is 0 Å². The highest BCUT2D eigenvalue weighted by Gasteiger charge is 2.28. The quantitative estimate of drug-likeness (QED) is 0.764. The number of aliphatic imine (C=N–C) groups is 1. The van der Waals surface area contributed by atoms with Crippen LogP contribution in [0.4, 0.5) is 0 Å². The summed E-state index contributed by atoms with van der Waals surface area (Å²) < 4.78 is 0. The van der Waals surface area contributed by atoms with E-state index >= 15 is 0 Å². The highest BCUT2D eigenvalue weighted by atomic mass is 15.2. The minimum absolute atomic E-state index is 0.366. The molecule has 0 aliphatic carbocycles. The Morgan fingerprint density at radius 2 is 1.42 bits per heavy atom. The largest absolute Gasteiger partial charge is 0.347 e. The van der Waals surface area contributed by atoms with Gasteiger partial charge in [0.2, 0.25) is 0 Å². The van der Waals surface area contributed by atoms with E-state index in [1.54, 1.807) is 0 Å². The summed E-state index contributed by atoms with van der Waals surface area (Å²) in [6.45, 7) is 1.71. The van der Waals surface area contributed by atoms with Crippen LogP contribution < -0.4 is 0 Å². The van der Waals surface area contributed by atoms with E-state index in [2.05, 4.69) is 34.2 Å². The Labute approximate surface area is 111 Å².